The van der Waals surface area contributed by atoms with Crippen LogP contribution in [0.3, 0.4) is 0 Å². The Morgan fingerprint density at radius 1 is 1.03 bits per heavy atom. The van der Waals surface area contributed by atoms with Crippen LogP contribution in [-0.2, 0) is 23.9 Å². The van der Waals surface area contributed by atoms with Gasteiger partial charge in [0.1, 0.15) is 17.6 Å². The fourth-order valence-electron chi connectivity index (χ4n) is 3.10. The van der Waals surface area contributed by atoms with Gasteiger partial charge in [0.05, 0.1) is 13.2 Å². The first-order valence-corrected chi connectivity index (χ1v) is 10.5. The topological polar surface area (TPSA) is 130 Å². The van der Waals surface area contributed by atoms with Crippen molar-refractivity contribution in [1.82, 2.24) is 15.2 Å². The molecule has 0 fully saturated rings. The first kappa shape index (κ1) is 25.8. The van der Waals surface area contributed by atoms with Gasteiger partial charge in [-0.25, -0.2) is 4.98 Å². The number of hydrogen-bond acceptors (Lipinski definition) is 7. The van der Waals surface area contributed by atoms with E-state index >= 15 is 0 Å². The van der Waals surface area contributed by atoms with Crippen LogP contribution in [0.25, 0.3) is 0 Å². The highest BCUT2D eigenvalue weighted by atomic mass is 16.5. The molecule has 3 amide bonds. The predicted molar refractivity (Wildman–Crippen MR) is 121 cm³/mol. The number of aromatic hydroxyl groups is 1. The van der Waals surface area contributed by atoms with Gasteiger partial charge in [-0.3, -0.25) is 14.4 Å². The molecule has 10 heteroatoms. The van der Waals surface area contributed by atoms with Crippen molar-refractivity contribution in [2.75, 3.05) is 45.8 Å². The summed E-state index contributed by atoms with van der Waals surface area (Å²) in [5.74, 6) is -0.716. The number of nitrogens with zero attached hydrogens (tertiary/aromatic N) is 2. The van der Waals surface area contributed by atoms with Crippen molar-refractivity contribution in [3.05, 3.63) is 54.2 Å². The number of carbonyl (C=O) groups excluding carboxylic acids is 3. The molecule has 2 aromatic rings. The summed E-state index contributed by atoms with van der Waals surface area (Å²) >= 11 is 0. The third kappa shape index (κ3) is 8.51. The van der Waals surface area contributed by atoms with Crippen LogP contribution in [0, 0.1) is 0 Å². The summed E-state index contributed by atoms with van der Waals surface area (Å²) in [4.78, 5) is 43.9. The lowest BCUT2D eigenvalue weighted by Gasteiger charge is -2.31. The number of pyridine rings is 1. The van der Waals surface area contributed by atoms with E-state index in [9.17, 15) is 19.5 Å². The van der Waals surface area contributed by atoms with Gasteiger partial charge in [-0.2, -0.15) is 0 Å². The number of nitrogens with one attached hydrogen (secondary N) is 2. The third-order valence-corrected chi connectivity index (χ3v) is 4.73. The summed E-state index contributed by atoms with van der Waals surface area (Å²) in [5, 5.41) is 15.0. The molecule has 178 valence electrons. The number of methoxy groups -OCH3 is 2. The van der Waals surface area contributed by atoms with Crippen molar-refractivity contribution in [2.45, 2.75) is 18.9 Å². The molecule has 0 saturated heterocycles. The zero-order valence-corrected chi connectivity index (χ0v) is 18.8. The van der Waals surface area contributed by atoms with Crippen LogP contribution in [0.2, 0.25) is 0 Å². The van der Waals surface area contributed by atoms with E-state index in [0.717, 1.165) is 0 Å². The van der Waals surface area contributed by atoms with E-state index in [1.807, 2.05) is 0 Å². The normalized spacial score (nSPS) is 11.5. The number of anilines is 1. The van der Waals surface area contributed by atoms with E-state index in [1.54, 1.807) is 36.5 Å². The predicted octanol–water partition coefficient (Wildman–Crippen LogP) is 1.48. The molecule has 0 bridgehead atoms. The Morgan fingerprint density at radius 3 is 2.39 bits per heavy atom. The Bertz CT molecular complexity index is 892. The zero-order chi connectivity index (χ0) is 24.1. The maximum Gasteiger partial charge on any atom is 0.247 e. The van der Waals surface area contributed by atoms with Crippen molar-refractivity contribution in [2.24, 2.45) is 0 Å². The highest BCUT2D eigenvalue weighted by Gasteiger charge is 2.31. The Labute approximate surface area is 192 Å². The van der Waals surface area contributed by atoms with Crippen LogP contribution < -0.4 is 10.6 Å². The fraction of sp³-hybridized carbons (Fsp3) is 0.391. The quantitative estimate of drug-likeness (QED) is 0.388. The molecule has 10 nitrogen and oxygen atoms in total. The van der Waals surface area contributed by atoms with E-state index in [-0.39, 0.29) is 50.1 Å². The van der Waals surface area contributed by atoms with Crippen molar-refractivity contribution in [1.29, 1.82) is 0 Å². The molecule has 0 aliphatic heterocycles. The number of benzene rings is 1. The van der Waals surface area contributed by atoms with Crippen molar-refractivity contribution in [3.63, 3.8) is 0 Å². The van der Waals surface area contributed by atoms with Gasteiger partial charge in [0.15, 0.2) is 0 Å². The SMILES string of the molecule is COCCNC(=O)[C@H](c1ccc(O)cc1)N(CCOC)C(=O)CCC(=O)Nc1ccccn1. The average molecular weight is 459 g/mol. The van der Waals surface area contributed by atoms with E-state index in [4.69, 9.17) is 9.47 Å². The van der Waals surface area contributed by atoms with E-state index < -0.39 is 11.9 Å². The summed E-state index contributed by atoms with van der Waals surface area (Å²) in [7, 11) is 3.02. The van der Waals surface area contributed by atoms with Crippen molar-refractivity contribution in [3.8, 4) is 5.75 Å². The Hall–Kier alpha value is -3.50. The number of hydrogen-bond donors (Lipinski definition) is 3. The summed E-state index contributed by atoms with van der Waals surface area (Å²) in [6.45, 7) is 0.919. The molecule has 1 aromatic heterocycles. The molecular formula is C23H30N4O6. The highest BCUT2D eigenvalue weighted by Crippen LogP contribution is 2.24. The second kappa shape index (κ2) is 13.8. The molecule has 0 spiro atoms. The molecule has 2 rings (SSSR count). The van der Waals surface area contributed by atoms with Gasteiger partial charge < -0.3 is 30.1 Å². The fourth-order valence-corrected chi connectivity index (χ4v) is 3.10. The van der Waals surface area contributed by atoms with Crippen molar-refractivity contribution >= 4 is 23.5 Å². The molecule has 0 radical (unpaired) electrons. The van der Waals surface area contributed by atoms with Gasteiger partial charge in [0.25, 0.3) is 0 Å². The summed E-state index contributed by atoms with van der Waals surface area (Å²) < 4.78 is 10.1. The molecule has 1 heterocycles. The minimum Gasteiger partial charge on any atom is -0.508 e. The first-order chi connectivity index (χ1) is 16.0. The second-order valence-corrected chi connectivity index (χ2v) is 7.12. The Morgan fingerprint density at radius 2 is 1.76 bits per heavy atom. The number of rotatable bonds is 13. The number of amides is 3. The number of aromatic nitrogens is 1. The lowest BCUT2D eigenvalue weighted by molar-refractivity contribution is -0.142. The van der Waals surface area contributed by atoms with E-state index in [0.29, 0.717) is 18.0 Å². The number of carbonyl (C=O) groups is 3. The molecule has 1 aromatic carbocycles. The summed E-state index contributed by atoms with van der Waals surface area (Å²) in [5.41, 5.74) is 0.519. The Balaban J connectivity index is 2.17. The van der Waals surface area contributed by atoms with Crippen LogP contribution in [0.15, 0.2) is 48.7 Å². The molecule has 1 atom stereocenters. The number of ether oxygens (including phenoxy) is 2. The molecule has 33 heavy (non-hydrogen) atoms. The molecule has 0 saturated carbocycles. The lowest BCUT2D eigenvalue weighted by Crippen LogP contribution is -2.45. The maximum absolute atomic E-state index is 13.1. The Kier molecular flexibility index (Phi) is 10.8. The van der Waals surface area contributed by atoms with Gasteiger partial charge in [-0.15, -0.1) is 0 Å². The van der Waals surface area contributed by atoms with Gasteiger partial charge in [-0.1, -0.05) is 18.2 Å². The van der Waals surface area contributed by atoms with Crippen LogP contribution in [0.4, 0.5) is 5.82 Å². The van der Waals surface area contributed by atoms with E-state index in [1.165, 1.54) is 31.3 Å². The second-order valence-electron chi connectivity index (χ2n) is 7.12. The molecule has 0 aliphatic carbocycles. The van der Waals surface area contributed by atoms with Crippen LogP contribution >= 0.6 is 0 Å². The highest BCUT2D eigenvalue weighted by molar-refractivity contribution is 5.94. The zero-order valence-electron chi connectivity index (χ0n) is 18.8. The molecule has 0 aliphatic rings. The van der Waals surface area contributed by atoms with Gasteiger partial charge >= 0.3 is 0 Å². The number of phenols is 1. The minimum absolute atomic E-state index is 0.0400. The van der Waals surface area contributed by atoms with Crippen LogP contribution in [0.1, 0.15) is 24.4 Å². The smallest absolute Gasteiger partial charge is 0.247 e. The lowest BCUT2D eigenvalue weighted by atomic mass is 10.0. The maximum atomic E-state index is 13.1. The molecule has 3 N–H and O–H groups in total. The first-order valence-electron chi connectivity index (χ1n) is 10.5. The molecular weight excluding hydrogens is 428 g/mol. The summed E-state index contributed by atoms with van der Waals surface area (Å²) in [6.07, 6.45) is 1.37. The van der Waals surface area contributed by atoms with E-state index in [2.05, 4.69) is 15.6 Å². The molecule has 0 unspecified atom stereocenters. The monoisotopic (exact) mass is 458 g/mol. The standard InChI is InChI=1S/C23H30N4O6/c1-32-15-13-25-23(31)22(17-6-8-18(28)9-7-17)27(14-16-33-2)21(30)11-10-20(29)26-19-5-3-4-12-24-19/h3-9,12,22,28H,10-11,13-16H2,1-2H3,(H,25,31)(H,24,26,29)/t22-/m0/s1. The minimum atomic E-state index is -0.969. The number of phenolic OH excluding ortho intramolecular Hbond substituents is 1. The van der Waals surface area contributed by atoms with Crippen molar-refractivity contribution < 1.29 is 29.0 Å². The summed E-state index contributed by atoms with van der Waals surface area (Å²) in [6, 6.07) is 10.2. The van der Waals surface area contributed by atoms with Crippen LogP contribution in [-0.4, -0.2) is 73.2 Å². The van der Waals surface area contributed by atoms with Gasteiger partial charge in [0.2, 0.25) is 17.7 Å². The van der Waals surface area contributed by atoms with Gasteiger partial charge in [-0.05, 0) is 29.8 Å². The average Bonchev–Trinajstić information content (AvgIpc) is 2.82. The van der Waals surface area contributed by atoms with Crippen LogP contribution in [0.5, 0.6) is 5.75 Å². The third-order valence-electron chi connectivity index (χ3n) is 4.73. The van der Waals surface area contributed by atoms with Gasteiger partial charge in [0, 0.05) is 46.3 Å². The largest absolute Gasteiger partial charge is 0.508 e.